The maximum absolute atomic E-state index is 13.1. The zero-order chi connectivity index (χ0) is 23.4. The van der Waals surface area contributed by atoms with Crippen LogP contribution in [0.25, 0.3) is 6.08 Å². The molecule has 0 atom stereocenters. The standard InChI is InChI=1S/C28H28ClNO3S/c1-33-24-7-4-22(28-13-18-8-19(14-28)10-20(9-18)15-28)11-21(24)12-25-26(31)30(27(32)34-25)16-17-2-5-23(29)6-3-17/h2-7,11-12,18-20H,8-10,13-16H2,1H3/b25-12+. The van der Waals surface area contributed by atoms with Gasteiger partial charge >= 0.3 is 0 Å². The second-order valence-electron chi connectivity index (χ2n) is 10.5. The maximum atomic E-state index is 13.1. The molecule has 0 aromatic heterocycles. The molecular weight excluding hydrogens is 466 g/mol. The van der Waals surface area contributed by atoms with Gasteiger partial charge < -0.3 is 4.74 Å². The number of amides is 2. The molecule has 1 aliphatic heterocycles. The van der Waals surface area contributed by atoms with Crippen LogP contribution in [-0.2, 0) is 16.8 Å². The highest BCUT2D eigenvalue weighted by Gasteiger charge is 2.51. The van der Waals surface area contributed by atoms with E-state index in [1.807, 2.05) is 24.3 Å². The lowest BCUT2D eigenvalue weighted by Gasteiger charge is -2.57. The highest BCUT2D eigenvalue weighted by molar-refractivity contribution is 8.18. The van der Waals surface area contributed by atoms with Crippen molar-refractivity contribution in [3.63, 3.8) is 0 Å². The molecule has 4 saturated carbocycles. The molecule has 176 valence electrons. The van der Waals surface area contributed by atoms with Crippen LogP contribution in [0.2, 0.25) is 5.02 Å². The second-order valence-corrected chi connectivity index (χ2v) is 12.0. The van der Waals surface area contributed by atoms with Gasteiger partial charge in [-0.05, 0) is 115 Å². The normalized spacial score (nSPS) is 31.1. The number of thioether (sulfide) groups is 1. The number of benzene rings is 2. The number of nitrogens with zero attached hydrogens (tertiary/aromatic N) is 1. The van der Waals surface area contributed by atoms with E-state index in [2.05, 4.69) is 12.1 Å². The molecule has 34 heavy (non-hydrogen) atoms. The number of hydrogen-bond acceptors (Lipinski definition) is 4. The van der Waals surface area contributed by atoms with Crippen LogP contribution in [0.3, 0.4) is 0 Å². The molecule has 0 unspecified atom stereocenters. The molecule has 0 radical (unpaired) electrons. The van der Waals surface area contributed by atoms with Gasteiger partial charge in [-0.15, -0.1) is 0 Å². The van der Waals surface area contributed by atoms with E-state index in [1.165, 1.54) is 49.0 Å². The van der Waals surface area contributed by atoms with Gasteiger partial charge in [0.25, 0.3) is 11.1 Å². The third-order valence-corrected chi connectivity index (χ3v) is 9.45. The molecule has 4 aliphatic carbocycles. The number of carbonyl (C=O) groups excluding carboxylic acids is 2. The Balaban J connectivity index is 1.30. The Labute approximate surface area is 209 Å². The summed E-state index contributed by atoms with van der Waals surface area (Å²) in [6, 6.07) is 13.7. The summed E-state index contributed by atoms with van der Waals surface area (Å²) in [5.74, 6) is 3.06. The van der Waals surface area contributed by atoms with Crippen LogP contribution in [0.5, 0.6) is 5.75 Å². The van der Waals surface area contributed by atoms with E-state index in [0.29, 0.717) is 9.93 Å². The minimum atomic E-state index is -0.257. The summed E-state index contributed by atoms with van der Waals surface area (Å²) in [6.07, 6.45) is 9.90. The summed E-state index contributed by atoms with van der Waals surface area (Å²) in [5, 5.41) is 0.381. The minimum absolute atomic E-state index is 0.240. The summed E-state index contributed by atoms with van der Waals surface area (Å²) in [7, 11) is 1.66. The van der Waals surface area contributed by atoms with Crippen LogP contribution in [0, 0.1) is 17.8 Å². The Morgan fingerprint density at radius 1 is 1.03 bits per heavy atom. The van der Waals surface area contributed by atoms with Gasteiger partial charge in [0.1, 0.15) is 5.75 Å². The van der Waals surface area contributed by atoms with Crippen LogP contribution in [-0.4, -0.2) is 23.2 Å². The van der Waals surface area contributed by atoms with Gasteiger partial charge in [-0.25, -0.2) is 0 Å². The first kappa shape index (κ1) is 22.2. The van der Waals surface area contributed by atoms with Crippen molar-refractivity contribution in [1.29, 1.82) is 0 Å². The highest BCUT2D eigenvalue weighted by Crippen LogP contribution is 2.61. The van der Waals surface area contributed by atoms with Crippen LogP contribution in [0.15, 0.2) is 47.4 Å². The Bertz CT molecular complexity index is 1150. The van der Waals surface area contributed by atoms with Crippen molar-refractivity contribution in [2.45, 2.75) is 50.5 Å². The van der Waals surface area contributed by atoms with Crippen molar-refractivity contribution in [2.24, 2.45) is 17.8 Å². The van der Waals surface area contributed by atoms with E-state index in [9.17, 15) is 9.59 Å². The lowest BCUT2D eigenvalue weighted by molar-refractivity contribution is -0.123. The molecule has 5 aliphatic rings. The van der Waals surface area contributed by atoms with Gasteiger partial charge in [-0.3, -0.25) is 14.5 Å². The average Bonchev–Trinajstić information content (AvgIpc) is 3.07. The smallest absolute Gasteiger partial charge is 0.293 e. The van der Waals surface area contributed by atoms with Crippen molar-refractivity contribution >= 4 is 40.6 Å². The van der Waals surface area contributed by atoms with Crippen molar-refractivity contribution in [2.75, 3.05) is 7.11 Å². The summed E-state index contributed by atoms with van der Waals surface area (Å²) < 4.78 is 5.65. The zero-order valence-electron chi connectivity index (χ0n) is 19.3. The van der Waals surface area contributed by atoms with Crippen molar-refractivity contribution in [3.8, 4) is 5.75 Å². The Morgan fingerprint density at radius 3 is 2.29 bits per heavy atom. The van der Waals surface area contributed by atoms with Crippen LogP contribution in [0.1, 0.15) is 55.2 Å². The number of carbonyl (C=O) groups is 2. The lowest BCUT2D eigenvalue weighted by Crippen LogP contribution is -2.48. The first-order valence-corrected chi connectivity index (χ1v) is 13.3. The maximum Gasteiger partial charge on any atom is 0.293 e. The lowest BCUT2D eigenvalue weighted by atomic mass is 9.48. The summed E-state index contributed by atoms with van der Waals surface area (Å²) in [4.78, 5) is 27.6. The van der Waals surface area contributed by atoms with Gasteiger partial charge in [0, 0.05) is 10.6 Å². The monoisotopic (exact) mass is 493 g/mol. The summed E-state index contributed by atoms with van der Waals surface area (Å²) >= 11 is 6.97. The summed E-state index contributed by atoms with van der Waals surface area (Å²) in [5.41, 5.74) is 3.39. The SMILES string of the molecule is COc1ccc(C23CC4CC(CC(C4)C2)C3)cc1/C=C1/SC(=O)N(Cc2ccc(Cl)cc2)C1=O. The van der Waals surface area contributed by atoms with Gasteiger partial charge in [-0.1, -0.05) is 29.8 Å². The molecule has 2 aromatic carbocycles. The Hall–Kier alpha value is -2.24. The number of rotatable bonds is 5. The second kappa shape index (κ2) is 8.46. The van der Waals surface area contributed by atoms with E-state index in [-0.39, 0.29) is 23.1 Å². The number of halogens is 1. The molecule has 5 fully saturated rings. The van der Waals surface area contributed by atoms with Crippen LogP contribution < -0.4 is 4.74 Å². The molecule has 0 N–H and O–H groups in total. The quantitative estimate of drug-likeness (QED) is 0.418. The average molecular weight is 494 g/mol. The van der Waals surface area contributed by atoms with Gasteiger partial charge in [0.2, 0.25) is 0 Å². The van der Waals surface area contributed by atoms with Crippen LogP contribution in [0.4, 0.5) is 4.79 Å². The van der Waals surface area contributed by atoms with E-state index in [4.69, 9.17) is 16.3 Å². The molecular formula is C28H28ClNO3S. The third-order valence-electron chi connectivity index (χ3n) is 8.29. The van der Waals surface area contributed by atoms with E-state index < -0.39 is 0 Å². The Morgan fingerprint density at radius 2 is 1.68 bits per heavy atom. The van der Waals surface area contributed by atoms with Gasteiger partial charge in [0.15, 0.2) is 0 Å². The topological polar surface area (TPSA) is 46.6 Å². The zero-order valence-corrected chi connectivity index (χ0v) is 20.8. The molecule has 0 spiro atoms. The summed E-state index contributed by atoms with van der Waals surface area (Å²) in [6.45, 7) is 0.240. The number of methoxy groups -OCH3 is 1. The highest BCUT2D eigenvalue weighted by atomic mass is 35.5. The first-order chi connectivity index (χ1) is 16.4. The molecule has 2 aromatic rings. The largest absolute Gasteiger partial charge is 0.496 e. The minimum Gasteiger partial charge on any atom is -0.496 e. The molecule has 4 nitrogen and oxygen atoms in total. The van der Waals surface area contributed by atoms with Gasteiger partial charge in [-0.2, -0.15) is 0 Å². The molecule has 7 rings (SSSR count). The van der Waals surface area contributed by atoms with E-state index in [0.717, 1.165) is 46.4 Å². The fourth-order valence-electron chi connectivity index (χ4n) is 7.19. The Kier molecular flexibility index (Phi) is 5.53. The first-order valence-electron chi connectivity index (χ1n) is 12.1. The number of hydrogen-bond donors (Lipinski definition) is 0. The fourth-order valence-corrected chi connectivity index (χ4v) is 8.15. The molecule has 1 saturated heterocycles. The predicted octanol–water partition coefficient (Wildman–Crippen LogP) is 7.05. The van der Waals surface area contributed by atoms with Crippen molar-refractivity contribution in [1.82, 2.24) is 4.90 Å². The van der Waals surface area contributed by atoms with E-state index >= 15 is 0 Å². The van der Waals surface area contributed by atoms with Crippen molar-refractivity contribution < 1.29 is 14.3 Å². The number of ether oxygens (including phenoxy) is 1. The number of imide groups is 1. The molecule has 2 amide bonds. The van der Waals surface area contributed by atoms with Crippen LogP contribution >= 0.6 is 23.4 Å². The third kappa shape index (κ3) is 3.87. The fraction of sp³-hybridized carbons (Fsp3) is 0.429. The molecule has 1 heterocycles. The predicted molar refractivity (Wildman–Crippen MR) is 136 cm³/mol. The molecule has 6 heteroatoms. The molecule has 4 bridgehead atoms. The van der Waals surface area contributed by atoms with Crippen molar-refractivity contribution in [3.05, 3.63) is 69.1 Å². The van der Waals surface area contributed by atoms with E-state index in [1.54, 1.807) is 19.2 Å². The van der Waals surface area contributed by atoms with Gasteiger partial charge in [0.05, 0.1) is 18.6 Å².